The van der Waals surface area contributed by atoms with Gasteiger partial charge in [-0.2, -0.15) is 0 Å². The van der Waals surface area contributed by atoms with Crippen molar-refractivity contribution in [2.24, 2.45) is 0 Å². The quantitative estimate of drug-likeness (QED) is 0.528. The SMILES string of the molecule is COc1ccc(CNC(C#Cc2ccc(C(C)(C)C)cc2)c2ccc(F)cc2)cc1. The van der Waals surface area contributed by atoms with E-state index in [1.54, 1.807) is 19.2 Å². The lowest BCUT2D eigenvalue weighted by Crippen LogP contribution is -2.19. The average molecular weight is 402 g/mol. The molecule has 1 atom stereocenters. The molecule has 0 aliphatic rings. The molecule has 3 aromatic rings. The van der Waals surface area contributed by atoms with Crippen LogP contribution in [0.4, 0.5) is 4.39 Å². The third-order valence-electron chi connectivity index (χ3n) is 4.98. The molecule has 0 amide bonds. The summed E-state index contributed by atoms with van der Waals surface area (Å²) in [7, 11) is 1.65. The fourth-order valence-electron chi connectivity index (χ4n) is 3.08. The first kappa shape index (κ1) is 21.6. The predicted octanol–water partition coefficient (Wildman–Crippen LogP) is 6.01. The first-order chi connectivity index (χ1) is 14.3. The lowest BCUT2D eigenvalue weighted by atomic mass is 9.87. The molecule has 1 unspecified atom stereocenters. The highest BCUT2D eigenvalue weighted by Crippen LogP contribution is 2.22. The fourth-order valence-corrected chi connectivity index (χ4v) is 3.08. The summed E-state index contributed by atoms with van der Waals surface area (Å²) >= 11 is 0. The summed E-state index contributed by atoms with van der Waals surface area (Å²) in [5.41, 5.74) is 4.41. The summed E-state index contributed by atoms with van der Waals surface area (Å²) in [6.45, 7) is 7.23. The molecule has 0 aliphatic heterocycles. The number of rotatable bonds is 5. The number of hydrogen-bond donors (Lipinski definition) is 1. The zero-order chi connectivity index (χ0) is 21.6. The van der Waals surface area contributed by atoms with E-state index in [4.69, 9.17) is 4.74 Å². The second-order valence-electron chi connectivity index (χ2n) is 8.31. The summed E-state index contributed by atoms with van der Waals surface area (Å²) in [6, 6.07) is 22.6. The van der Waals surface area contributed by atoms with Crippen molar-refractivity contribution in [3.63, 3.8) is 0 Å². The van der Waals surface area contributed by atoms with E-state index < -0.39 is 0 Å². The van der Waals surface area contributed by atoms with Crippen LogP contribution in [0.15, 0.2) is 72.8 Å². The Hall–Kier alpha value is -3.09. The summed E-state index contributed by atoms with van der Waals surface area (Å²) in [6.07, 6.45) is 0. The molecule has 3 rings (SSSR count). The van der Waals surface area contributed by atoms with Crippen LogP contribution in [0.25, 0.3) is 0 Å². The molecule has 0 spiro atoms. The Balaban J connectivity index is 1.79. The molecule has 0 heterocycles. The van der Waals surface area contributed by atoms with Crippen molar-refractivity contribution in [2.45, 2.75) is 38.8 Å². The summed E-state index contributed by atoms with van der Waals surface area (Å²) < 4.78 is 18.6. The van der Waals surface area contributed by atoms with Gasteiger partial charge in [0.1, 0.15) is 11.6 Å². The van der Waals surface area contributed by atoms with E-state index >= 15 is 0 Å². The van der Waals surface area contributed by atoms with Crippen LogP contribution in [0.1, 0.15) is 49.1 Å². The average Bonchev–Trinajstić information content (AvgIpc) is 2.75. The smallest absolute Gasteiger partial charge is 0.123 e. The van der Waals surface area contributed by atoms with Gasteiger partial charge in [0.25, 0.3) is 0 Å². The molecule has 3 aromatic carbocycles. The molecule has 30 heavy (non-hydrogen) atoms. The Bertz CT molecular complexity index is 1000. The number of benzene rings is 3. The molecule has 0 saturated heterocycles. The molecule has 0 bridgehead atoms. The van der Waals surface area contributed by atoms with E-state index in [2.05, 4.69) is 62.2 Å². The first-order valence-corrected chi connectivity index (χ1v) is 10.1. The summed E-state index contributed by atoms with van der Waals surface area (Å²) in [4.78, 5) is 0. The molecule has 0 radical (unpaired) electrons. The third kappa shape index (κ3) is 5.95. The molecule has 0 fully saturated rings. The lowest BCUT2D eigenvalue weighted by Gasteiger charge is -2.18. The largest absolute Gasteiger partial charge is 0.497 e. The van der Waals surface area contributed by atoms with Crippen LogP contribution in [-0.4, -0.2) is 7.11 Å². The second kappa shape index (κ2) is 9.61. The van der Waals surface area contributed by atoms with Crippen molar-refractivity contribution in [1.82, 2.24) is 5.32 Å². The summed E-state index contributed by atoms with van der Waals surface area (Å²) in [5, 5.41) is 3.48. The minimum atomic E-state index is -0.251. The van der Waals surface area contributed by atoms with Gasteiger partial charge in [0, 0.05) is 12.1 Å². The van der Waals surface area contributed by atoms with Gasteiger partial charge in [-0.25, -0.2) is 4.39 Å². The van der Waals surface area contributed by atoms with E-state index in [1.807, 2.05) is 24.3 Å². The van der Waals surface area contributed by atoms with Crippen LogP contribution >= 0.6 is 0 Å². The fraction of sp³-hybridized carbons (Fsp3) is 0.259. The van der Waals surface area contributed by atoms with Crippen LogP contribution in [0.3, 0.4) is 0 Å². The van der Waals surface area contributed by atoms with Crippen molar-refractivity contribution in [1.29, 1.82) is 0 Å². The van der Waals surface area contributed by atoms with Gasteiger partial charge in [-0.3, -0.25) is 5.32 Å². The van der Waals surface area contributed by atoms with Gasteiger partial charge >= 0.3 is 0 Å². The molecule has 0 aromatic heterocycles. The van der Waals surface area contributed by atoms with Crippen LogP contribution in [0, 0.1) is 17.7 Å². The van der Waals surface area contributed by atoms with Crippen LogP contribution in [0.2, 0.25) is 0 Å². The first-order valence-electron chi connectivity index (χ1n) is 10.1. The minimum absolute atomic E-state index is 0.114. The van der Waals surface area contributed by atoms with Crippen molar-refractivity contribution in [3.8, 4) is 17.6 Å². The highest BCUT2D eigenvalue weighted by atomic mass is 19.1. The number of nitrogens with one attached hydrogen (secondary N) is 1. The zero-order valence-electron chi connectivity index (χ0n) is 18.0. The van der Waals surface area contributed by atoms with E-state index in [0.29, 0.717) is 6.54 Å². The molecule has 154 valence electrons. The van der Waals surface area contributed by atoms with Crippen molar-refractivity contribution in [2.75, 3.05) is 7.11 Å². The van der Waals surface area contributed by atoms with Gasteiger partial charge in [-0.1, -0.05) is 69.0 Å². The maximum Gasteiger partial charge on any atom is 0.123 e. The highest BCUT2D eigenvalue weighted by Gasteiger charge is 2.13. The maximum atomic E-state index is 13.4. The number of halogens is 1. The predicted molar refractivity (Wildman–Crippen MR) is 121 cm³/mol. The van der Waals surface area contributed by atoms with Crippen LogP contribution < -0.4 is 10.1 Å². The molecule has 1 N–H and O–H groups in total. The van der Waals surface area contributed by atoms with Gasteiger partial charge in [0.2, 0.25) is 0 Å². The molecule has 0 aliphatic carbocycles. The minimum Gasteiger partial charge on any atom is -0.497 e. The third-order valence-corrected chi connectivity index (χ3v) is 4.98. The van der Waals surface area contributed by atoms with Gasteiger partial charge < -0.3 is 4.74 Å². The van der Waals surface area contributed by atoms with Gasteiger partial charge in [-0.05, 0) is 58.5 Å². The van der Waals surface area contributed by atoms with E-state index in [0.717, 1.165) is 22.4 Å². The number of hydrogen-bond acceptors (Lipinski definition) is 2. The van der Waals surface area contributed by atoms with Crippen LogP contribution in [0.5, 0.6) is 5.75 Å². The van der Waals surface area contributed by atoms with Crippen molar-refractivity contribution >= 4 is 0 Å². The van der Waals surface area contributed by atoms with Crippen molar-refractivity contribution in [3.05, 3.63) is 101 Å². The Morgan fingerprint density at radius 1 is 0.900 bits per heavy atom. The number of methoxy groups -OCH3 is 1. The number of ether oxygens (including phenoxy) is 1. The van der Waals surface area contributed by atoms with Gasteiger partial charge in [-0.15, -0.1) is 0 Å². The molecular weight excluding hydrogens is 373 g/mol. The normalized spacial score (nSPS) is 12.0. The Labute approximate surface area is 179 Å². The van der Waals surface area contributed by atoms with E-state index in [9.17, 15) is 4.39 Å². The Morgan fingerprint density at radius 3 is 2.10 bits per heavy atom. The van der Waals surface area contributed by atoms with E-state index in [1.165, 1.54) is 17.7 Å². The maximum absolute atomic E-state index is 13.4. The Kier molecular flexibility index (Phi) is 6.92. The van der Waals surface area contributed by atoms with E-state index in [-0.39, 0.29) is 17.3 Å². The topological polar surface area (TPSA) is 21.3 Å². The lowest BCUT2D eigenvalue weighted by molar-refractivity contribution is 0.414. The Morgan fingerprint density at radius 2 is 1.53 bits per heavy atom. The zero-order valence-corrected chi connectivity index (χ0v) is 18.0. The van der Waals surface area contributed by atoms with Crippen molar-refractivity contribution < 1.29 is 9.13 Å². The van der Waals surface area contributed by atoms with Gasteiger partial charge in [0.15, 0.2) is 0 Å². The highest BCUT2D eigenvalue weighted by molar-refractivity contribution is 5.40. The van der Waals surface area contributed by atoms with Crippen LogP contribution in [-0.2, 0) is 12.0 Å². The molecular formula is C27H28FNO. The second-order valence-corrected chi connectivity index (χ2v) is 8.31. The standard InChI is InChI=1S/C27H28FNO/c1-27(2,3)23-12-5-20(6-13-23)9-18-26(22-10-14-24(28)15-11-22)29-19-21-7-16-25(30-4)17-8-21/h5-8,10-17,26,29H,19H2,1-4H3. The molecule has 2 nitrogen and oxygen atoms in total. The molecule has 0 saturated carbocycles. The summed E-state index contributed by atoms with van der Waals surface area (Å²) in [5.74, 6) is 7.15. The molecule has 3 heteroatoms. The van der Waals surface area contributed by atoms with Gasteiger partial charge in [0.05, 0.1) is 13.2 Å². The monoisotopic (exact) mass is 401 g/mol.